The molecule has 0 bridgehead atoms. The van der Waals surface area contributed by atoms with Gasteiger partial charge in [0.05, 0.1) is 13.2 Å². The fourth-order valence-corrected chi connectivity index (χ4v) is 3.59. The van der Waals surface area contributed by atoms with Crippen LogP contribution in [0.3, 0.4) is 0 Å². The summed E-state index contributed by atoms with van der Waals surface area (Å²) >= 11 is 0. The van der Waals surface area contributed by atoms with E-state index in [-0.39, 0.29) is 11.9 Å². The van der Waals surface area contributed by atoms with E-state index < -0.39 is 0 Å². The number of amides is 1. The molecule has 1 amide bonds. The van der Waals surface area contributed by atoms with Gasteiger partial charge in [-0.3, -0.25) is 4.79 Å². The van der Waals surface area contributed by atoms with Crippen molar-refractivity contribution in [2.45, 2.75) is 38.8 Å². The molecule has 6 nitrogen and oxygen atoms in total. The van der Waals surface area contributed by atoms with E-state index in [1.165, 1.54) is 0 Å². The lowest BCUT2D eigenvalue weighted by Crippen LogP contribution is -2.49. The highest BCUT2D eigenvalue weighted by molar-refractivity contribution is 5.77. The summed E-state index contributed by atoms with van der Waals surface area (Å²) in [4.78, 5) is 19.4. The van der Waals surface area contributed by atoms with E-state index >= 15 is 0 Å². The molecule has 1 aliphatic rings. The average Bonchev–Trinajstić information content (AvgIpc) is 3.15. The summed E-state index contributed by atoms with van der Waals surface area (Å²) in [5.74, 6) is 2.38. The molecule has 0 radical (unpaired) electrons. The zero-order valence-corrected chi connectivity index (χ0v) is 15.8. The Balaban J connectivity index is 1.73. The fourth-order valence-electron chi connectivity index (χ4n) is 3.59. The maximum absolute atomic E-state index is 13.0. The Labute approximate surface area is 155 Å². The van der Waals surface area contributed by atoms with Crippen LogP contribution in [-0.4, -0.2) is 47.1 Å². The van der Waals surface area contributed by atoms with Gasteiger partial charge in [-0.1, -0.05) is 32.0 Å². The Morgan fingerprint density at radius 2 is 2.19 bits per heavy atom. The second-order valence-corrected chi connectivity index (χ2v) is 6.93. The quantitative estimate of drug-likeness (QED) is 0.864. The summed E-state index contributed by atoms with van der Waals surface area (Å²) in [5.41, 5.74) is 1.06. The molecule has 3 rings (SSSR count). The van der Waals surface area contributed by atoms with Crippen molar-refractivity contribution in [1.29, 1.82) is 0 Å². The minimum atomic E-state index is -0.000226. The molecule has 26 heavy (non-hydrogen) atoms. The van der Waals surface area contributed by atoms with E-state index in [0.29, 0.717) is 25.4 Å². The van der Waals surface area contributed by atoms with Gasteiger partial charge in [0.15, 0.2) is 0 Å². The monoisotopic (exact) mass is 356 g/mol. The summed E-state index contributed by atoms with van der Waals surface area (Å²) < 4.78 is 7.60. The molecule has 6 heteroatoms. The van der Waals surface area contributed by atoms with Crippen LogP contribution in [0.25, 0.3) is 0 Å². The van der Waals surface area contributed by atoms with Gasteiger partial charge in [0.2, 0.25) is 5.91 Å². The largest absolute Gasteiger partial charge is 0.496 e. The lowest BCUT2D eigenvalue weighted by molar-refractivity contribution is -0.134. The highest BCUT2D eigenvalue weighted by Crippen LogP contribution is 2.30. The van der Waals surface area contributed by atoms with Crippen LogP contribution in [0.1, 0.15) is 43.6 Å². The van der Waals surface area contributed by atoms with E-state index in [1.807, 2.05) is 41.6 Å². The van der Waals surface area contributed by atoms with Crippen molar-refractivity contribution in [3.05, 3.63) is 48.0 Å². The van der Waals surface area contributed by atoms with Crippen molar-refractivity contribution in [1.82, 2.24) is 19.8 Å². The number of para-hydroxylation sites is 1. The minimum absolute atomic E-state index is 0.000226. The fraction of sp³-hybridized carbons (Fsp3) is 0.500. The molecule has 2 heterocycles. The molecule has 0 saturated carbocycles. The van der Waals surface area contributed by atoms with E-state index in [2.05, 4.69) is 28.7 Å². The van der Waals surface area contributed by atoms with Gasteiger partial charge >= 0.3 is 0 Å². The van der Waals surface area contributed by atoms with Crippen LogP contribution in [0.5, 0.6) is 5.75 Å². The zero-order valence-electron chi connectivity index (χ0n) is 15.8. The third-order valence-corrected chi connectivity index (χ3v) is 4.89. The maximum Gasteiger partial charge on any atom is 0.224 e. The van der Waals surface area contributed by atoms with Gasteiger partial charge in [0.1, 0.15) is 11.6 Å². The van der Waals surface area contributed by atoms with Crippen molar-refractivity contribution < 1.29 is 9.53 Å². The molecule has 1 fully saturated rings. The third kappa shape index (κ3) is 3.90. The number of hydrogen-bond acceptors (Lipinski definition) is 4. The Morgan fingerprint density at radius 3 is 2.96 bits per heavy atom. The number of methoxy groups -OCH3 is 1. The van der Waals surface area contributed by atoms with Crippen LogP contribution < -0.4 is 10.1 Å². The number of piperazine rings is 1. The van der Waals surface area contributed by atoms with Crippen LogP contribution in [0.15, 0.2) is 36.7 Å². The van der Waals surface area contributed by atoms with Gasteiger partial charge in [0.25, 0.3) is 0 Å². The number of nitrogens with zero attached hydrogens (tertiary/aromatic N) is 3. The molecule has 0 spiro atoms. The summed E-state index contributed by atoms with van der Waals surface area (Å²) in [6.07, 6.45) is 4.24. The molecule has 1 atom stereocenters. The number of aryl methyl sites for hydroxylation is 1. The van der Waals surface area contributed by atoms with Crippen LogP contribution in [-0.2, 0) is 11.3 Å². The normalized spacial score (nSPS) is 17.5. The van der Waals surface area contributed by atoms with Crippen LogP contribution in [0, 0.1) is 0 Å². The summed E-state index contributed by atoms with van der Waals surface area (Å²) in [6.45, 7) is 7.18. The number of carbonyl (C=O) groups is 1. The Hall–Kier alpha value is -2.34. The minimum Gasteiger partial charge on any atom is -0.496 e. The van der Waals surface area contributed by atoms with Crippen LogP contribution >= 0.6 is 0 Å². The highest BCUT2D eigenvalue weighted by atomic mass is 16.5. The van der Waals surface area contributed by atoms with E-state index in [0.717, 1.165) is 30.2 Å². The first-order valence-electron chi connectivity index (χ1n) is 9.26. The Bertz CT molecular complexity index is 741. The third-order valence-electron chi connectivity index (χ3n) is 4.89. The van der Waals surface area contributed by atoms with Gasteiger partial charge in [-0.25, -0.2) is 4.98 Å². The highest BCUT2D eigenvalue weighted by Gasteiger charge is 2.29. The maximum atomic E-state index is 13.0. The molecule has 1 saturated heterocycles. The molecule has 0 aliphatic carbocycles. The van der Waals surface area contributed by atoms with Crippen molar-refractivity contribution >= 4 is 5.91 Å². The zero-order chi connectivity index (χ0) is 18.5. The Morgan fingerprint density at radius 1 is 1.38 bits per heavy atom. The standard InChI is InChI=1S/C20H28N4O2/c1-15(2)20-22-10-12-23(20)11-8-19(25)24-13-9-21-14-17(24)16-6-4-5-7-18(16)26-3/h4-7,10,12,15,17,21H,8-9,11,13-14H2,1-3H3. The predicted molar refractivity (Wildman–Crippen MR) is 101 cm³/mol. The summed E-state index contributed by atoms with van der Waals surface area (Å²) in [5, 5.41) is 3.40. The molecular weight excluding hydrogens is 328 g/mol. The van der Waals surface area contributed by atoms with Gasteiger partial charge in [-0.05, 0) is 6.07 Å². The van der Waals surface area contributed by atoms with E-state index in [9.17, 15) is 4.79 Å². The molecule has 1 N–H and O–H groups in total. The number of hydrogen-bond donors (Lipinski definition) is 1. The number of aromatic nitrogens is 2. The first-order valence-corrected chi connectivity index (χ1v) is 9.26. The second-order valence-electron chi connectivity index (χ2n) is 6.93. The molecule has 2 aromatic rings. The second kappa shape index (κ2) is 8.36. The van der Waals surface area contributed by atoms with Crippen molar-refractivity contribution in [3.8, 4) is 5.75 Å². The number of nitrogens with one attached hydrogen (secondary N) is 1. The van der Waals surface area contributed by atoms with Crippen molar-refractivity contribution in [2.75, 3.05) is 26.7 Å². The van der Waals surface area contributed by atoms with Gasteiger partial charge < -0.3 is 19.5 Å². The first kappa shape index (κ1) is 18.5. The average molecular weight is 356 g/mol. The van der Waals surface area contributed by atoms with Gasteiger partial charge in [0, 0.05) is 56.5 Å². The molecular formula is C20H28N4O2. The van der Waals surface area contributed by atoms with Crippen LogP contribution in [0.2, 0.25) is 0 Å². The number of benzene rings is 1. The molecule has 1 aromatic carbocycles. The predicted octanol–water partition coefficient (Wildman–Crippen LogP) is 2.58. The number of carbonyl (C=O) groups excluding carboxylic acids is 1. The molecule has 1 aliphatic heterocycles. The molecule has 1 unspecified atom stereocenters. The summed E-state index contributed by atoms with van der Waals surface area (Å²) in [6, 6.07) is 7.95. The first-order chi connectivity index (χ1) is 12.6. The van der Waals surface area contributed by atoms with E-state index in [4.69, 9.17) is 4.74 Å². The topological polar surface area (TPSA) is 59.4 Å². The Kier molecular flexibility index (Phi) is 5.93. The lowest BCUT2D eigenvalue weighted by Gasteiger charge is -2.37. The lowest BCUT2D eigenvalue weighted by atomic mass is 10.0. The van der Waals surface area contributed by atoms with E-state index in [1.54, 1.807) is 7.11 Å². The smallest absolute Gasteiger partial charge is 0.224 e. The molecule has 140 valence electrons. The SMILES string of the molecule is COc1ccccc1C1CNCCN1C(=O)CCn1ccnc1C(C)C. The van der Waals surface area contributed by atoms with Crippen LogP contribution in [0.4, 0.5) is 0 Å². The number of imidazole rings is 1. The number of ether oxygens (including phenoxy) is 1. The van der Waals surface area contributed by atoms with Crippen molar-refractivity contribution in [2.24, 2.45) is 0 Å². The number of rotatable bonds is 6. The van der Waals surface area contributed by atoms with Gasteiger partial charge in [-0.2, -0.15) is 0 Å². The summed E-state index contributed by atoms with van der Waals surface area (Å²) in [7, 11) is 1.67. The van der Waals surface area contributed by atoms with Crippen molar-refractivity contribution in [3.63, 3.8) is 0 Å². The molecule has 1 aromatic heterocycles. The van der Waals surface area contributed by atoms with Gasteiger partial charge in [-0.15, -0.1) is 0 Å².